The molecule has 0 amide bonds. The van der Waals surface area contributed by atoms with Gasteiger partial charge in [-0.05, 0) is 101 Å². The van der Waals surface area contributed by atoms with Crippen molar-refractivity contribution in [3.8, 4) is 16.8 Å². The van der Waals surface area contributed by atoms with Gasteiger partial charge in [0, 0.05) is 33.5 Å². The van der Waals surface area contributed by atoms with Crippen LogP contribution in [0.15, 0.2) is 194 Å². The average Bonchev–Trinajstić information content (AvgIpc) is 3.53. The maximum Gasteiger partial charge on any atom is 0.0561 e. The van der Waals surface area contributed by atoms with Gasteiger partial charge in [0.15, 0.2) is 0 Å². The first-order valence-electron chi connectivity index (χ1n) is 17.4. The molecule has 1 heterocycles. The van der Waals surface area contributed by atoms with Crippen LogP contribution in [0.4, 0.5) is 17.1 Å². The molecular formula is C48H36N2. The monoisotopic (exact) mass is 640 g/mol. The maximum absolute atomic E-state index is 2.42. The van der Waals surface area contributed by atoms with Gasteiger partial charge in [0.05, 0.1) is 11.0 Å². The molecule has 0 fully saturated rings. The van der Waals surface area contributed by atoms with Crippen LogP contribution >= 0.6 is 0 Å². The van der Waals surface area contributed by atoms with E-state index in [2.05, 4.69) is 204 Å². The molecule has 1 aromatic heterocycles. The highest BCUT2D eigenvalue weighted by molar-refractivity contribution is 6.10. The highest BCUT2D eigenvalue weighted by atomic mass is 15.1. The van der Waals surface area contributed by atoms with E-state index in [-0.39, 0.29) is 0 Å². The third-order valence-electron chi connectivity index (χ3n) is 9.95. The van der Waals surface area contributed by atoms with Crippen molar-refractivity contribution in [2.75, 3.05) is 4.90 Å². The SMILES string of the molecule is C1=C(c2ccccc2)CCC(c2ccc(-n3c4ccccc4c4ccc(N(c5ccccc5)c5ccc(-c6ccccc6)cc5)cc43)cc2)=C1. The van der Waals surface area contributed by atoms with E-state index in [9.17, 15) is 0 Å². The molecule has 2 heteroatoms. The number of nitrogens with zero attached hydrogens (tertiary/aromatic N) is 2. The van der Waals surface area contributed by atoms with Crippen LogP contribution in [0.1, 0.15) is 24.0 Å². The number of para-hydroxylation sites is 2. The molecule has 8 aromatic rings. The van der Waals surface area contributed by atoms with Crippen LogP contribution in [-0.2, 0) is 0 Å². The molecule has 1 aliphatic carbocycles. The number of hydrogen-bond acceptors (Lipinski definition) is 1. The summed E-state index contributed by atoms with van der Waals surface area (Å²) in [6.07, 6.45) is 6.70. The lowest BCUT2D eigenvalue weighted by molar-refractivity contribution is 1.07. The predicted molar refractivity (Wildman–Crippen MR) is 213 cm³/mol. The summed E-state index contributed by atoms with van der Waals surface area (Å²) in [7, 11) is 0. The van der Waals surface area contributed by atoms with Crippen molar-refractivity contribution >= 4 is 50.0 Å². The minimum Gasteiger partial charge on any atom is -0.310 e. The fourth-order valence-electron chi connectivity index (χ4n) is 7.43. The van der Waals surface area contributed by atoms with Crippen molar-refractivity contribution in [3.05, 3.63) is 205 Å². The molecule has 50 heavy (non-hydrogen) atoms. The first-order valence-corrected chi connectivity index (χ1v) is 17.4. The van der Waals surface area contributed by atoms with Crippen molar-refractivity contribution in [3.63, 3.8) is 0 Å². The van der Waals surface area contributed by atoms with Gasteiger partial charge in [0.25, 0.3) is 0 Å². The predicted octanol–water partition coefficient (Wildman–Crippen LogP) is 13.2. The Hall–Kier alpha value is -6.38. The number of allylic oxidation sites excluding steroid dienone is 4. The molecule has 0 saturated heterocycles. The molecule has 2 nitrogen and oxygen atoms in total. The average molecular weight is 641 g/mol. The van der Waals surface area contributed by atoms with Crippen LogP contribution in [0.25, 0.3) is 49.8 Å². The Balaban J connectivity index is 1.12. The van der Waals surface area contributed by atoms with Gasteiger partial charge < -0.3 is 9.47 Å². The van der Waals surface area contributed by atoms with Crippen LogP contribution in [0.2, 0.25) is 0 Å². The van der Waals surface area contributed by atoms with Crippen molar-refractivity contribution in [2.45, 2.75) is 12.8 Å². The number of aromatic nitrogens is 1. The van der Waals surface area contributed by atoms with Crippen molar-refractivity contribution in [2.24, 2.45) is 0 Å². The molecule has 0 bridgehead atoms. The van der Waals surface area contributed by atoms with E-state index in [1.807, 2.05) is 0 Å². The quantitative estimate of drug-likeness (QED) is 0.168. The Morgan fingerprint density at radius 1 is 0.360 bits per heavy atom. The largest absolute Gasteiger partial charge is 0.310 e. The van der Waals surface area contributed by atoms with Gasteiger partial charge >= 0.3 is 0 Å². The minimum atomic E-state index is 1.04. The van der Waals surface area contributed by atoms with E-state index in [0.29, 0.717) is 0 Å². The highest BCUT2D eigenvalue weighted by Crippen LogP contribution is 2.40. The fraction of sp³-hybridized carbons (Fsp3) is 0.0417. The second-order valence-corrected chi connectivity index (χ2v) is 12.9. The first kappa shape index (κ1) is 29.7. The fourth-order valence-corrected chi connectivity index (χ4v) is 7.43. The topological polar surface area (TPSA) is 8.17 Å². The van der Waals surface area contributed by atoms with Gasteiger partial charge in [-0.2, -0.15) is 0 Å². The minimum absolute atomic E-state index is 1.04. The Morgan fingerprint density at radius 3 is 1.50 bits per heavy atom. The summed E-state index contributed by atoms with van der Waals surface area (Å²) in [5, 5.41) is 2.50. The molecule has 0 saturated carbocycles. The summed E-state index contributed by atoms with van der Waals surface area (Å²) in [4.78, 5) is 2.35. The summed E-state index contributed by atoms with van der Waals surface area (Å²) >= 11 is 0. The lowest BCUT2D eigenvalue weighted by atomic mass is 9.90. The zero-order valence-corrected chi connectivity index (χ0v) is 27.8. The standard InChI is InChI=1S/C48H36N2/c1-4-12-35(13-5-1)37-20-22-38(23-21-37)40-26-30-43(31-27-40)50-47-19-11-10-18-45(47)46-33-32-44(34-48(46)50)49(41-16-8-3-9-17-41)42-28-24-39(25-29-42)36-14-6-2-7-15-36/h1-20,22,24-34H,21,23H2. The Labute approximate surface area is 293 Å². The van der Waals surface area contributed by atoms with E-state index in [1.54, 1.807) is 0 Å². The molecule has 0 spiro atoms. The Morgan fingerprint density at radius 2 is 0.840 bits per heavy atom. The van der Waals surface area contributed by atoms with Crippen LogP contribution in [-0.4, -0.2) is 4.57 Å². The van der Waals surface area contributed by atoms with Gasteiger partial charge in [0.1, 0.15) is 0 Å². The molecular weight excluding hydrogens is 605 g/mol. The Bertz CT molecular complexity index is 2490. The summed E-state index contributed by atoms with van der Waals surface area (Å²) < 4.78 is 2.42. The maximum atomic E-state index is 2.42. The van der Waals surface area contributed by atoms with E-state index in [0.717, 1.165) is 35.6 Å². The highest BCUT2D eigenvalue weighted by Gasteiger charge is 2.18. The van der Waals surface area contributed by atoms with Crippen molar-refractivity contribution in [1.82, 2.24) is 4.57 Å². The third kappa shape index (κ3) is 5.51. The summed E-state index contributed by atoms with van der Waals surface area (Å²) in [6.45, 7) is 0. The third-order valence-corrected chi connectivity index (χ3v) is 9.95. The number of anilines is 3. The smallest absolute Gasteiger partial charge is 0.0561 e. The zero-order valence-electron chi connectivity index (χ0n) is 27.8. The number of rotatable bonds is 7. The van der Waals surface area contributed by atoms with E-state index in [4.69, 9.17) is 0 Å². The second-order valence-electron chi connectivity index (χ2n) is 12.9. The van der Waals surface area contributed by atoms with E-state index < -0.39 is 0 Å². The summed E-state index contributed by atoms with van der Waals surface area (Å²) in [5.41, 5.74) is 14.7. The second kappa shape index (κ2) is 12.9. The number of hydrogen-bond donors (Lipinski definition) is 0. The van der Waals surface area contributed by atoms with Gasteiger partial charge in [0.2, 0.25) is 0 Å². The van der Waals surface area contributed by atoms with Gasteiger partial charge in [-0.3, -0.25) is 0 Å². The van der Waals surface area contributed by atoms with E-state index in [1.165, 1.54) is 55.2 Å². The summed E-state index contributed by atoms with van der Waals surface area (Å²) in [5.74, 6) is 0. The van der Waals surface area contributed by atoms with Gasteiger partial charge in [-0.25, -0.2) is 0 Å². The molecule has 9 rings (SSSR count). The van der Waals surface area contributed by atoms with Crippen molar-refractivity contribution < 1.29 is 0 Å². The molecule has 0 N–H and O–H groups in total. The zero-order chi connectivity index (χ0) is 33.3. The molecule has 0 radical (unpaired) electrons. The number of fused-ring (bicyclic) bond motifs is 3. The molecule has 0 atom stereocenters. The van der Waals surface area contributed by atoms with Gasteiger partial charge in [-0.1, -0.05) is 140 Å². The molecule has 1 aliphatic rings. The normalized spacial score (nSPS) is 12.9. The van der Waals surface area contributed by atoms with E-state index >= 15 is 0 Å². The first-order chi connectivity index (χ1) is 24.8. The molecule has 0 aliphatic heterocycles. The number of benzene rings is 7. The lowest BCUT2D eigenvalue weighted by Crippen LogP contribution is -2.10. The van der Waals surface area contributed by atoms with Crippen LogP contribution in [0.5, 0.6) is 0 Å². The molecule has 0 unspecified atom stereocenters. The van der Waals surface area contributed by atoms with Crippen LogP contribution in [0.3, 0.4) is 0 Å². The van der Waals surface area contributed by atoms with Crippen molar-refractivity contribution in [1.29, 1.82) is 0 Å². The summed E-state index contributed by atoms with van der Waals surface area (Å²) in [6, 6.07) is 65.6. The lowest BCUT2D eigenvalue weighted by Gasteiger charge is -2.26. The molecule has 7 aromatic carbocycles. The van der Waals surface area contributed by atoms with Crippen LogP contribution in [0, 0.1) is 0 Å². The Kier molecular flexibility index (Phi) is 7.68. The molecule has 238 valence electrons. The van der Waals surface area contributed by atoms with Gasteiger partial charge in [-0.15, -0.1) is 0 Å². The van der Waals surface area contributed by atoms with Crippen LogP contribution < -0.4 is 4.90 Å².